The van der Waals surface area contributed by atoms with Crippen molar-refractivity contribution in [3.8, 4) is 0 Å². The number of aromatic nitrogens is 2. The number of nitrogens with two attached hydrogens (primary N) is 1. The van der Waals surface area contributed by atoms with E-state index in [1.165, 1.54) is 0 Å². The molecule has 108 valence electrons. The molecule has 0 aliphatic rings. The Morgan fingerprint density at radius 2 is 2.11 bits per heavy atom. The molecule has 1 aromatic heterocycles. The number of ether oxygens (including phenoxy) is 1. The molecule has 0 atom stereocenters. The summed E-state index contributed by atoms with van der Waals surface area (Å²) >= 11 is 0. The van der Waals surface area contributed by atoms with Gasteiger partial charge >= 0.3 is 0 Å². The zero-order valence-corrected chi connectivity index (χ0v) is 12.3. The molecule has 6 nitrogen and oxygen atoms in total. The van der Waals surface area contributed by atoms with Crippen LogP contribution in [0.25, 0.3) is 0 Å². The van der Waals surface area contributed by atoms with E-state index in [1.54, 1.807) is 0 Å². The Morgan fingerprint density at radius 1 is 1.37 bits per heavy atom. The highest BCUT2D eigenvalue weighted by Gasteiger charge is 2.11. The van der Waals surface area contributed by atoms with Crippen LogP contribution in [0.15, 0.2) is 6.07 Å². The minimum atomic E-state index is 0.401. The predicted molar refractivity (Wildman–Crippen MR) is 77.9 cm³/mol. The van der Waals surface area contributed by atoms with Gasteiger partial charge in [-0.25, -0.2) is 15.8 Å². The largest absolute Gasteiger partial charge is 0.374 e. The SMILES string of the molecule is CCOCc1nc(NN)cc(N(CC)CC(C)C)n1. The molecule has 6 heteroatoms. The molecule has 0 aliphatic carbocycles. The number of nitrogens with zero attached hydrogens (tertiary/aromatic N) is 3. The van der Waals surface area contributed by atoms with Gasteiger partial charge in [0.1, 0.15) is 18.2 Å². The Kier molecular flexibility index (Phi) is 6.52. The summed E-state index contributed by atoms with van der Waals surface area (Å²) in [6.45, 7) is 11.3. The number of nitrogens with one attached hydrogen (secondary N) is 1. The van der Waals surface area contributed by atoms with Gasteiger partial charge in [0.15, 0.2) is 5.82 Å². The molecule has 0 fully saturated rings. The maximum Gasteiger partial charge on any atom is 0.158 e. The van der Waals surface area contributed by atoms with Gasteiger partial charge in [-0.2, -0.15) is 0 Å². The second-order valence-electron chi connectivity index (χ2n) is 4.74. The van der Waals surface area contributed by atoms with Crippen molar-refractivity contribution in [2.75, 3.05) is 30.0 Å². The molecule has 1 rings (SSSR count). The van der Waals surface area contributed by atoms with Gasteiger partial charge < -0.3 is 15.1 Å². The molecule has 0 aliphatic heterocycles. The van der Waals surface area contributed by atoms with Gasteiger partial charge in [-0.05, 0) is 19.8 Å². The first-order valence-corrected chi connectivity index (χ1v) is 6.77. The summed E-state index contributed by atoms with van der Waals surface area (Å²) in [5.41, 5.74) is 2.58. The quantitative estimate of drug-likeness (QED) is 0.552. The van der Waals surface area contributed by atoms with Gasteiger partial charge in [0.25, 0.3) is 0 Å². The van der Waals surface area contributed by atoms with Crippen LogP contribution in [0.5, 0.6) is 0 Å². The van der Waals surface area contributed by atoms with E-state index in [9.17, 15) is 0 Å². The van der Waals surface area contributed by atoms with E-state index in [1.807, 2.05) is 13.0 Å². The van der Waals surface area contributed by atoms with Crippen LogP contribution in [0.4, 0.5) is 11.6 Å². The smallest absolute Gasteiger partial charge is 0.158 e. The lowest BCUT2D eigenvalue weighted by atomic mass is 10.2. The van der Waals surface area contributed by atoms with Gasteiger partial charge in [-0.3, -0.25) is 0 Å². The van der Waals surface area contributed by atoms with Gasteiger partial charge in [0, 0.05) is 25.8 Å². The molecule has 19 heavy (non-hydrogen) atoms. The molecule has 0 saturated carbocycles. The predicted octanol–water partition coefficient (Wildman–Crippen LogP) is 1.78. The van der Waals surface area contributed by atoms with Crippen LogP contribution in [0, 0.1) is 5.92 Å². The Morgan fingerprint density at radius 3 is 2.63 bits per heavy atom. The third-order valence-corrected chi connectivity index (χ3v) is 2.63. The normalized spacial score (nSPS) is 10.8. The maximum atomic E-state index is 5.46. The van der Waals surface area contributed by atoms with Crippen molar-refractivity contribution in [3.05, 3.63) is 11.9 Å². The number of rotatable bonds is 8. The number of nitrogen functional groups attached to an aromatic ring is 1. The first kappa shape index (κ1) is 15.7. The van der Waals surface area contributed by atoms with Crippen LogP contribution in [0.3, 0.4) is 0 Å². The van der Waals surface area contributed by atoms with Crippen LogP contribution in [0.2, 0.25) is 0 Å². The van der Waals surface area contributed by atoms with E-state index in [-0.39, 0.29) is 0 Å². The van der Waals surface area contributed by atoms with Gasteiger partial charge in [-0.1, -0.05) is 13.8 Å². The van der Waals surface area contributed by atoms with E-state index >= 15 is 0 Å². The molecule has 0 amide bonds. The van der Waals surface area contributed by atoms with Crippen molar-refractivity contribution in [2.24, 2.45) is 11.8 Å². The highest BCUT2D eigenvalue weighted by Crippen LogP contribution is 2.17. The zero-order chi connectivity index (χ0) is 14.3. The summed E-state index contributed by atoms with van der Waals surface area (Å²) in [7, 11) is 0. The third-order valence-electron chi connectivity index (χ3n) is 2.63. The highest BCUT2D eigenvalue weighted by atomic mass is 16.5. The minimum Gasteiger partial charge on any atom is -0.374 e. The van der Waals surface area contributed by atoms with Crippen molar-refractivity contribution in [1.29, 1.82) is 0 Å². The Labute approximate surface area is 115 Å². The number of hydrogen-bond acceptors (Lipinski definition) is 6. The monoisotopic (exact) mass is 267 g/mol. The van der Waals surface area contributed by atoms with Crippen LogP contribution >= 0.6 is 0 Å². The molecule has 1 aromatic rings. The van der Waals surface area contributed by atoms with Crippen LogP contribution in [-0.4, -0.2) is 29.7 Å². The van der Waals surface area contributed by atoms with Crippen molar-refractivity contribution in [3.63, 3.8) is 0 Å². The highest BCUT2D eigenvalue weighted by molar-refractivity contribution is 5.48. The Balaban J connectivity index is 2.96. The third kappa shape index (κ3) is 5.00. The van der Waals surface area contributed by atoms with Crippen molar-refractivity contribution >= 4 is 11.6 Å². The summed E-state index contributed by atoms with van der Waals surface area (Å²) in [5, 5.41) is 0. The van der Waals surface area contributed by atoms with E-state index < -0.39 is 0 Å². The minimum absolute atomic E-state index is 0.401. The molecule has 0 saturated heterocycles. The average Bonchev–Trinajstić information content (AvgIpc) is 2.41. The van der Waals surface area contributed by atoms with E-state index in [4.69, 9.17) is 10.6 Å². The molecule has 0 radical (unpaired) electrons. The fourth-order valence-electron chi connectivity index (χ4n) is 1.80. The van der Waals surface area contributed by atoms with Crippen LogP contribution in [0.1, 0.15) is 33.5 Å². The lowest BCUT2D eigenvalue weighted by molar-refractivity contribution is 0.128. The second kappa shape index (κ2) is 7.91. The van der Waals surface area contributed by atoms with E-state index in [0.29, 0.717) is 30.8 Å². The Hall–Kier alpha value is -1.40. The topological polar surface area (TPSA) is 76.3 Å². The zero-order valence-electron chi connectivity index (χ0n) is 12.3. The van der Waals surface area contributed by atoms with E-state index in [2.05, 4.69) is 41.1 Å². The van der Waals surface area contributed by atoms with Gasteiger partial charge in [0.05, 0.1) is 0 Å². The summed E-state index contributed by atoms with van der Waals surface area (Å²) < 4.78 is 5.36. The summed E-state index contributed by atoms with van der Waals surface area (Å²) in [6.07, 6.45) is 0. The maximum absolute atomic E-state index is 5.46. The summed E-state index contributed by atoms with van der Waals surface area (Å²) in [5.74, 6) is 8.17. The fraction of sp³-hybridized carbons (Fsp3) is 0.692. The van der Waals surface area contributed by atoms with Crippen LogP contribution in [-0.2, 0) is 11.3 Å². The summed E-state index contributed by atoms with van der Waals surface area (Å²) in [6, 6.07) is 1.86. The Bertz CT molecular complexity index is 383. The van der Waals surface area contributed by atoms with Crippen molar-refractivity contribution in [2.45, 2.75) is 34.3 Å². The number of anilines is 2. The molecular weight excluding hydrogens is 242 g/mol. The first-order chi connectivity index (χ1) is 9.10. The van der Waals surface area contributed by atoms with Crippen LogP contribution < -0.4 is 16.2 Å². The molecule has 0 bridgehead atoms. The standard InChI is InChI=1S/C13H25N5O/c1-5-18(8-10(3)4)13-7-11(17-14)15-12(16-13)9-19-6-2/h7,10H,5-6,8-9,14H2,1-4H3,(H,15,16,17). The van der Waals surface area contributed by atoms with Crippen molar-refractivity contribution in [1.82, 2.24) is 9.97 Å². The molecule has 1 heterocycles. The number of hydrazine groups is 1. The molecule has 0 spiro atoms. The molecule has 3 N–H and O–H groups in total. The van der Waals surface area contributed by atoms with Gasteiger partial charge in [0.2, 0.25) is 0 Å². The van der Waals surface area contributed by atoms with Gasteiger partial charge in [-0.15, -0.1) is 0 Å². The first-order valence-electron chi connectivity index (χ1n) is 6.77. The summed E-state index contributed by atoms with van der Waals surface area (Å²) in [4.78, 5) is 11.0. The molecular formula is C13H25N5O. The lowest BCUT2D eigenvalue weighted by Gasteiger charge is -2.24. The fourth-order valence-corrected chi connectivity index (χ4v) is 1.80. The second-order valence-corrected chi connectivity index (χ2v) is 4.74. The van der Waals surface area contributed by atoms with Crippen molar-refractivity contribution < 1.29 is 4.74 Å². The van der Waals surface area contributed by atoms with E-state index in [0.717, 1.165) is 18.9 Å². The number of hydrogen-bond donors (Lipinski definition) is 2. The lowest BCUT2D eigenvalue weighted by Crippen LogP contribution is -2.29. The average molecular weight is 267 g/mol. The molecule has 0 aromatic carbocycles. The molecule has 0 unspecified atom stereocenters.